The molecule has 19 heavy (non-hydrogen) atoms. The van der Waals surface area contributed by atoms with Gasteiger partial charge in [0, 0.05) is 16.8 Å². The van der Waals surface area contributed by atoms with E-state index in [4.69, 9.17) is 28.5 Å². The maximum absolute atomic E-state index is 12.4. The first-order valence-electron chi connectivity index (χ1n) is 5.61. The number of carbonyl (C=O) groups is 1. The molecule has 0 aliphatic rings. The van der Waals surface area contributed by atoms with Crippen LogP contribution in [0, 0.1) is 11.3 Å². The molecule has 5 heteroatoms. The van der Waals surface area contributed by atoms with Gasteiger partial charge in [0.25, 0.3) is 0 Å². The van der Waals surface area contributed by atoms with Crippen LogP contribution in [0.2, 0.25) is 10.0 Å². The Balaban J connectivity index is 2.37. The van der Waals surface area contributed by atoms with E-state index in [0.717, 1.165) is 0 Å². The second-order valence-electron chi connectivity index (χ2n) is 4.08. The molecular weight excluding hydrogens is 283 g/mol. The summed E-state index contributed by atoms with van der Waals surface area (Å²) in [4.78, 5) is 12.4. The Hall–Kier alpha value is -1.76. The van der Waals surface area contributed by atoms with E-state index in [1.165, 1.54) is 6.07 Å². The fourth-order valence-electron chi connectivity index (χ4n) is 1.87. The first-order valence-corrected chi connectivity index (χ1v) is 6.36. The highest BCUT2D eigenvalue weighted by atomic mass is 35.5. The zero-order valence-corrected chi connectivity index (χ0v) is 11.6. The van der Waals surface area contributed by atoms with Crippen molar-refractivity contribution in [3.63, 3.8) is 0 Å². The van der Waals surface area contributed by atoms with Crippen molar-refractivity contribution in [2.75, 3.05) is 0 Å². The van der Waals surface area contributed by atoms with E-state index in [1.54, 1.807) is 42.0 Å². The molecule has 0 bridgehead atoms. The summed E-state index contributed by atoms with van der Waals surface area (Å²) < 4.78 is 1.62. The van der Waals surface area contributed by atoms with Crippen molar-refractivity contribution in [3.8, 4) is 6.07 Å². The molecule has 1 aromatic carbocycles. The summed E-state index contributed by atoms with van der Waals surface area (Å²) in [5.41, 5.74) is 0.835. The zero-order chi connectivity index (χ0) is 14.0. The van der Waals surface area contributed by atoms with E-state index < -0.39 is 6.04 Å². The third-order valence-corrected chi connectivity index (χ3v) is 3.43. The van der Waals surface area contributed by atoms with Gasteiger partial charge in [0.05, 0.1) is 11.1 Å². The zero-order valence-electron chi connectivity index (χ0n) is 10.1. The summed E-state index contributed by atoms with van der Waals surface area (Å²) in [5.74, 6) is -0.158. The number of benzene rings is 1. The van der Waals surface area contributed by atoms with E-state index in [9.17, 15) is 4.79 Å². The second kappa shape index (κ2) is 5.48. The predicted molar refractivity (Wildman–Crippen MR) is 74.7 cm³/mol. The Morgan fingerprint density at radius 2 is 2.11 bits per heavy atom. The number of hydrogen-bond donors (Lipinski definition) is 0. The van der Waals surface area contributed by atoms with Gasteiger partial charge in [-0.3, -0.25) is 4.79 Å². The number of nitriles is 1. The fourth-order valence-corrected chi connectivity index (χ4v) is 2.37. The molecule has 96 valence electrons. The van der Waals surface area contributed by atoms with Crippen molar-refractivity contribution in [1.82, 2.24) is 4.57 Å². The lowest BCUT2D eigenvalue weighted by atomic mass is 10.1. The van der Waals surface area contributed by atoms with Gasteiger partial charge in [0.1, 0.15) is 11.8 Å². The van der Waals surface area contributed by atoms with Gasteiger partial charge in [-0.25, -0.2) is 0 Å². The topological polar surface area (TPSA) is 45.8 Å². The number of ketones is 1. The minimum atomic E-state index is -0.497. The van der Waals surface area contributed by atoms with Crippen LogP contribution in [0.3, 0.4) is 0 Å². The van der Waals surface area contributed by atoms with Crippen LogP contribution in [0.1, 0.15) is 29.0 Å². The van der Waals surface area contributed by atoms with Gasteiger partial charge in [0.2, 0.25) is 0 Å². The van der Waals surface area contributed by atoms with E-state index in [-0.39, 0.29) is 5.78 Å². The van der Waals surface area contributed by atoms with Crippen molar-refractivity contribution in [2.24, 2.45) is 0 Å². The molecular formula is C14H10Cl2N2O. The molecule has 0 fully saturated rings. The van der Waals surface area contributed by atoms with Crippen LogP contribution >= 0.6 is 23.2 Å². The molecule has 3 nitrogen and oxygen atoms in total. The molecule has 1 heterocycles. The van der Waals surface area contributed by atoms with Gasteiger partial charge >= 0.3 is 0 Å². The molecule has 0 amide bonds. The van der Waals surface area contributed by atoms with E-state index in [2.05, 4.69) is 0 Å². The average molecular weight is 293 g/mol. The lowest BCUT2D eigenvalue weighted by Gasteiger charge is -2.14. The molecule has 1 atom stereocenters. The van der Waals surface area contributed by atoms with E-state index in [1.807, 2.05) is 6.07 Å². The van der Waals surface area contributed by atoms with Gasteiger partial charge in [-0.05, 0) is 37.3 Å². The van der Waals surface area contributed by atoms with Gasteiger partial charge in [-0.1, -0.05) is 23.2 Å². The summed E-state index contributed by atoms with van der Waals surface area (Å²) in [5, 5.41) is 9.77. The van der Waals surface area contributed by atoms with Crippen molar-refractivity contribution in [3.05, 3.63) is 57.8 Å². The van der Waals surface area contributed by atoms with Gasteiger partial charge in [0.15, 0.2) is 5.78 Å². The average Bonchev–Trinajstić information content (AvgIpc) is 2.85. The molecule has 1 aromatic heterocycles. The number of hydrogen-bond acceptors (Lipinski definition) is 2. The van der Waals surface area contributed by atoms with E-state index in [0.29, 0.717) is 21.3 Å². The van der Waals surface area contributed by atoms with Crippen LogP contribution < -0.4 is 0 Å². The third kappa shape index (κ3) is 2.65. The van der Waals surface area contributed by atoms with Crippen LogP contribution in [0.5, 0.6) is 0 Å². The van der Waals surface area contributed by atoms with Crippen LogP contribution in [0.25, 0.3) is 0 Å². The number of aromatic nitrogens is 1. The highest BCUT2D eigenvalue weighted by molar-refractivity contribution is 6.36. The molecule has 0 aliphatic heterocycles. The smallest absolute Gasteiger partial charge is 0.186 e. The summed E-state index contributed by atoms with van der Waals surface area (Å²) in [6.45, 7) is 1.73. The predicted octanol–water partition coefficient (Wildman–Crippen LogP) is 4.11. The minimum Gasteiger partial charge on any atom is -0.329 e. The normalized spacial score (nSPS) is 11.9. The van der Waals surface area contributed by atoms with Crippen molar-refractivity contribution < 1.29 is 4.79 Å². The lowest BCUT2D eigenvalue weighted by molar-refractivity contribution is 0.0935. The molecule has 2 rings (SSSR count). The number of nitrogens with zero attached hydrogens (tertiary/aromatic N) is 2. The minimum absolute atomic E-state index is 0.158. The Bertz CT molecular complexity index is 670. The van der Waals surface area contributed by atoms with Crippen molar-refractivity contribution in [1.29, 1.82) is 5.26 Å². The van der Waals surface area contributed by atoms with Gasteiger partial charge in [-0.15, -0.1) is 0 Å². The highest BCUT2D eigenvalue weighted by Crippen LogP contribution is 2.25. The third-order valence-electron chi connectivity index (χ3n) is 2.89. The van der Waals surface area contributed by atoms with Crippen LogP contribution in [0.15, 0.2) is 36.5 Å². The van der Waals surface area contributed by atoms with Crippen LogP contribution in [-0.4, -0.2) is 10.4 Å². The Labute approximate surface area is 121 Å². The number of Topliss-reactive ketones (excluding diaryl/α,β-unsaturated/α-hetero) is 1. The molecule has 0 saturated heterocycles. The summed E-state index contributed by atoms with van der Waals surface area (Å²) in [6, 6.07) is 9.68. The maximum Gasteiger partial charge on any atom is 0.186 e. The molecule has 0 aliphatic carbocycles. The monoisotopic (exact) mass is 292 g/mol. The quantitative estimate of drug-likeness (QED) is 0.799. The second-order valence-corrected chi connectivity index (χ2v) is 4.92. The molecule has 0 spiro atoms. The highest BCUT2D eigenvalue weighted by Gasteiger charge is 2.20. The van der Waals surface area contributed by atoms with Crippen LogP contribution in [0.4, 0.5) is 0 Å². The summed E-state index contributed by atoms with van der Waals surface area (Å²) in [6.07, 6.45) is 1.70. The first-order chi connectivity index (χ1) is 9.04. The Kier molecular flexibility index (Phi) is 3.94. The Morgan fingerprint density at radius 1 is 1.37 bits per heavy atom. The lowest BCUT2D eigenvalue weighted by Crippen LogP contribution is -2.17. The largest absolute Gasteiger partial charge is 0.329 e. The standard InChI is InChI=1S/C14H10Cl2N2O/c1-9(18-6-2-3-11(18)8-17)14(19)12-5-4-10(15)7-13(12)16/h2-7,9H,1H3. The summed E-state index contributed by atoms with van der Waals surface area (Å²) >= 11 is 11.8. The number of rotatable bonds is 3. The van der Waals surface area contributed by atoms with E-state index >= 15 is 0 Å². The molecule has 1 unspecified atom stereocenters. The van der Waals surface area contributed by atoms with Gasteiger partial charge < -0.3 is 4.57 Å². The number of halogens is 2. The Morgan fingerprint density at radius 3 is 2.74 bits per heavy atom. The number of carbonyl (C=O) groups excluding carboxylic acids is 1. The molecule has 0 radical (unpaired) electrons. The fraction of sp³-hybridized carbons (Fsp3) is 0.143. The van der Waals surface area contributed by atoms with Crippen molar-refractivity contribution in [2.45, 2.75) is 13.0 Å². The summed E-state index contributed by atoms with van der Waals surface area (Å²) in [7, 11) is 0. The van der Waals surface area contributed by atoms with Crippen molar-refractivity contribution >= 4 is 29.0 Å². The molecule has 0 N–H and O–H groups in total. The first kappa shape index (κ1) is 13.7. The SMILES string of the molecule is CC(C(=O)c1ccc(Cl)cc1Cl)n1cccc1C#N. The molecule has 2 aromatic rings. The van der Waals surface area contributed by atoms with Crippen LogP contribution in [-0.2, 0) is 0 Å². The van der Waals surface area contributed by atoms with Gasteiger partial charge in [-0.2, -0.15) is 5.26 Å². The maximum atomic E-state index is 12.4. The molecule has 0 saturated carbocycles.